The van der Waals surface area contributed by atoms with Crippen LogP contribution < -0.4 is 10.6 Å². The fraction of sp³-hybridized carbons (Fsp3) is 0.261. The van der Waals surface area contributed by atoms with Gasteiger partial charge in [-0.25, -0.2) is 4.79 Å². The Morgan fingerprint density at radius 2 is 1.68 bits per heavy atom. The van der Waals surface area contributed by atoms with Crippen molar-refractivity contribution >= 4 is 17.4 Å². The number of urea groups is 1. The molecule has 2 aromatic carbocycles. The number of alkyl halides is 3. The highest BCUT2D eigenvalue weighted by molar-refractivity contribution is 5.90. The first-order valence-electron chi connectivity index (χ1n) is 10.1. The number of para-hydroxylation sites is 3. The Morgan fingerprint density at radius 1 is 0.968 bits per heavy atom. The van der Waals surface area contributed by atoms with Crippen molar-refractivity contribution in [3.8, 4) is 5.69 Å². The fourth-order valence-corrected chi connectivity index (χ4v) is 4.60. The molecular formula is C23H21F3N4O. The van der Waals surface area contributed by atoms with Gasteiger partial charge in [-0.2, -0.15) is 13.2 Å². The average Bonchev–Trinajstić information content (AvgIpc) is 3.25. The smallest absolute Gasteiger partial charge is 0.372 e. The summed E-state index contributed by atoms with van der Waals surface area (Å²) in [6, 6.07) is 16.7. The van der Waals surface area contributed by atoms with E-state index in [1.165, 1.54) is 18.2 Å². The van der Waals surface area contributed by atoms with E-state index in [9.17, 15) is 18.0 Å². The van der Waals surface area contributed by atoms with Crippen LogP contribution in [0.25, 0.3) is 5.69 Å². The zero-order valence-electron chi connectivity index (χ0n) is 16.6. The molecule has 8 heteroatoms. The van der Waals surface area contributed by atoms with E-state index in [-0.39, 0.29) is 11.2 Å². The van der Waals surface area contributed by atoms with Crippen molar-refractivity contribution in [1.82, 2.24) is 9.47 Å². The number of carbonyl (C=O) groups is 1. The average molecular weight is 426 g/mol. The molecule has 2 amide bonds. The summed E-state index contributed by atoms with van der Waals surface area (Å²) in [6.07, 6.45) is -1.19. The van der Waals surface area contributed by atoms with Gasteiger partial charge >= 0.3 is 12.2 Å². The van der Waals surface area contributed by atoms with Crippen molar-refractivity contribution in [3.05, 3.63) is 78.1 Å². The third kappa shape index (κ3) is 3.32. The molecule has 0 radical (unpaired) electrons. The molecular weight excluding hydrogens is 405 g/mol. The van der Waals surface area contributed by atoms with Crippen LogP contribution in [0.5, 0.6) is 0 Å². The Hall–Kier alpha value is -3.42. The molecule has 0 unspecified atom stereocenters. The van der Waals surface area contributed by atoms with Crippen LogP contribution in [0.3, 0.4) is 0 Å². The Balaban J connectivity index is 1.34. The van der Waals surface area contributed by atoms with Gasteiger partial charge in [-0.3, -0.25) is 0 Å². The van der Waals surface area contributed by atoms with Crippen molar-refractivity contribution in [2.24, 2.45) is 0 Å². The summed E-state index contributed by atoms with van der Waals surface area (Å²) >= 11 is 0. The third-order valence-electron chi connectivity index (χ3n) is 6.15. The summed E-state index contributed by atoms with van der Waals surface area (Å²) in [4.78, 5) is 14.3. The summed E-state index contributed by atoms with van der Waals surface area (Å²) in [5.41, 5.74) is 1.85. The van der Waals surface area contributed by atoms with Gasteiger partial charge in [-0.15, -0.1) is 0 Å². The van der Waals surface area contributed by atoms with E-state index in [1.807, 2.05) is 30.5 Å². The molecule has 3 aromatic rings. The second kappa shape index (κ2) is 7.08. The second-order valence-electron chi connectivity index (χ2n) is 7.95. The molecule has 0 saturated carbocycles. The Kier molecular flexibility index (Phi) is 4.46. The van der Waals surface area contributed by atoms with Crippen LogP contribution in [0.2, 0.25) is 0 Å². The highest BCUT2D eigenvalue weighted by Gasteiger charge is 2.42. The number of piperidine rings is 1. The molecule has 0 bridgehead atoms. The highest BCUT2D eigenvalue weighted by atomic mass is 19.4. The minimum atomic E-state index is -4.53. The van der Waals surface area contributed by atoms with E-state index >= 15 is 0 Å². The first-order chi connectivity index (χ1) is 14.9. The molecule has 0 atom stereocenters. The van der Waals surface area contributed by atoms with Crippen LogP contribution in [0.15, 0.2) is 66.9 Å². The molecule has 1 spiro atoms. The van der Waals surface area contributed by atoms with Crippen LogP contribution in [-0.2, 0) is 11.7 Å². The maximum Gasteiger partial charge on any atom is 0.418 e. The molecule has 3 heterocycles. The Bertz CT molecular complexity index is 1130. The number of amides is 2. The number of hydrogen-bond donors (Lipinski definition) is 2. The maximum absolute atomic E-state index is 13.2. The SMILES string of the molecule is O=C(Nc1ccccc1C(F)(F)F)N1CCC2(CC1)Nc1ccccc1-n1cccc12. The van der Waals surface area contributed by atoms with E-state index in [2.05, 4.69) is 27.3 Å². The second-order valence-corrected chi connectivity index (χ2v) is 7.95. The largest absolute Gasteiger partial charge is 0.418 e. The summed E-state index contributed by atoms with van der Waals surface area (Å²) in [6.45, 7) is 0.862. The summed E-state index contributed by atoms with van der Waals surface area (Å²) < 4.78 is 41.9. The number of hydrogen-bond acceptors (Lipinski definition) is 2. The Morgan fingerprint density at radius 3 is 2.45 bits per heavy atom. The predicted molar refractivity (Wildman–Crippen MR) is 112 cm³/mol. The van der Waals surface area contributed by atoms with Crippen LogP contribution in [0.1, 0.15) is 24.1 Å². The lowest BCUT2D eigenvalue weighted by Crippen LogP contribution is -2.51. The number of aromatic nitrogens is 1. The molecule has 1 fully saturated rings. The van der Waals surface area contributed by atoms with Crippen LogP contribution in [0.4, 0.5) is 29.3 Å². The number of fused-ring (bicyclic) bond motifs is 4. The van der Waals surface area contributed by atoms with Gasteiger partial charge in [0.05, 0.1) is 28.2 Å². The lowest BCUT2D eigenvalue weighted by molar-refractivity contribution is -0.136. The molecule has 5 rings (SSSR count). The lowest BCUT2D eigenvalue weighted by atomic mass is 9.82. The van der Waals surface area contributed by atoms with Crippen LogP contribution in [-0.4, -0.2) is 28.6 Å². The van der Waals surface area contributed by atoms with E-state index in [4.69, 9.17) is 0 Å². The predicted octanol–water partition coefficient (Wildman–Crippen LogP) is 5.44. The topological polar surface area (TPSA) is 49.3 Å². The van der Waals surface area contributed by atoms with Crippen molar-refractivity contribution in [2.45, 2.75) is 24.6 Å². The highest BCUT2D eigenvalue weighted by Crippen LogP contribution is 2.43. The quantitative estimate of drug-likeness (QED) is 0.544. The molecule has 2 aliphatic heterocycles. The number of likely N-dealkylation sites (tertiary alicyclic amines) is 1. The minimum Gasteiger partial charge on any atom is -0.372 e. The minimum absolute atomic E-state index is 0.223. The van der Waals surface area contributed by atoms with E-state index in [0.29, 0.717) is 25.9 Å². The van der Waals surface area contributed by atoms with Crippen molar-refractivity contribution in [1.29, 1.82) is 0 Å². The lowest BCUT2D eigenvalue weighted by Gasteiger charge is -2.46. The number of anilines is 2. The van der Waals surface area contributed by atoms with E-state index in [1.54, 1.807) is 4.90 Å². The third-order valence-corrected chi connectivity index (χ3v) is 6.15. The van der Waals surface area contributed by atoms with Gasteiger partial charge in [0.25, 0.3) is 0 Å². The molecule has 31 heavy (non-hydrogen) atoms. The summed E-state index contributed by atoms with van der Waals surface area (Å²) in [5.74, 6) is 0. The van der Waals surface area contributed by atoms with Gasteiger partial charge in [0, 0.05) is 25.0 Å². The number of halogens is 3. The first kappa shape index (κ1) is 19.5. The van der Waals surface area contributed by atoms with Crippen molar-refractivity contribution in [2.75, 3.05) is 23.7 Å². The molecule has 2 aliphatic rings. The van der Waals surface area contributed by atoms with E-state index < -0.39 is 17.8 Å². The monoisotopic (exact) mass is 426 g/mol. The van der Waals surface area contributed by atoms with Crippen LogP contribution in [0, 0.1) is 0 Å². The number of benzene rings is 2. The van der Waals surface area contributed by atoms with E-state index in [0.717, 1.165) is 23.1 Å². The molecule has 1 aromatic heterocycles. The van der Waals surface area contributed by atoms with Gasteiger partial charge in [0.1, 0.15) is 0 Å². The van der Waals surface area contributed by atoms with Gasteiger partial charge in [-0.05, 0) is 49.2 Å². The number of rotatable bonds is 1. The van der Waals surface area contributed by atoms with Gasteiger partial charge < -0.3 is 20.1 Å². The standard InChI is InChI=1S/C23H21F3N4O/c24-23(25,26)16-6-1-2-7-17(16)27-21(31)29-14-11-22(12-15-29)20-10-5-13-30(20)19-9-4-3-8-18(19)28-22/h1-10,13,28H,11-12,14-15H2,(H,27,31). The molecule has 2 N–H and O–H groups in total. The number of nitrogens with zero attached hydrogens (tertiary/aromatic N) is 2. The zero-order chi connectivity index (χ0) is 21.6. The van der Waals surface area contributed by atoms with Crippen LogP contribution >= 0.6 is 0 Å². The van der Waals surface area contributed by atoms with Crippen molar-refractivity contribution in [3.63, 3.8) is 0 Å². The van der Waals surface area contributed by atoms with Gasteiger partial charge in [0.15, 0.2) is 0 Å². The number of carbonyl (C=O) groups excluding carboxylic acids is 1. The molecule has 160 valence electrons. The first-order valence-corrected chi connectivity index (χ1v) is 10.1. The zero-order valence-corrected chi connectivity index (χ0v) is 16.6. The number of nitrogens with one attached hydrogen (secondary N) is 2. The molecule has 5 nitrogen and oxygen atoms in total. The molecule has 1 saturated heterocycles. The Labute approximate surface area is 177 Å². The summed E-state index contributed by atoms with van der Waals surface area (Å²) in [5, 5.41) is 6.11. The normalized spacial score (nSPS) is 16.9. The van der Waals surface area contributed by atoms with Gasteiger partial charge in [0.2, 0.25) is 0 Å². The van der Waals surface area contributed by atoms with Crippen molar-refractivity contribution < 1.29 is 18.0 Å². The summed E-state index contributed by atoms with van der Waals surface area (Å²) in [7, 11) is 0. The fourth-order valence-electron chi connectivity index (χ4n) is 4.60. The maximum atomic E-state index is 13.2. The molecule has 0 aliphatic carbocycles. The van der Waals surface area contributed by atoms with Gasteiger partial charge in [-0.1, -0.05) is 24.3 Å².